The zero-order valence-corrected chi connectivity index (χ0v) is 16.8. The smallest absolute Gasteiger partial charge is 0.0859 e. The molecule has 1 saturated carbocycles. The van der Waals surface area contributed by atoms with Gasteiger partial charge in [-0.05, 0) is 49.4 Å². The lowest BCUT2D eigenvalue weighted by molar-refractivity contribution is 0.0127. The summed E-state index contributed by atoms with van der Waals surface area (Å²) in [4.78, 5) is 0. The van der Waals surface area contributed by atoms with E-state index >= 15 is 0 Å². The topological polar surface area (TPSA) is 58.4 Å². The van der Waals surface area contributed by atoms with Crippen LogP contribution in [0.1, 0.15) is 57.8 Å². The van der Waals surface area contributed by atoms with Crippen molar-refractivity contribution in [3.63, 3.8) is 0 Å². The Morgan fingerprint density at radius 2 is 1.50 bits per heavy atom. The summed E-state index contributed by atoms with van der Waals surface area (Å²) in [6.07, 6.45) is 7.06. The van der Waals surface area contributed by atoms with Crippen LogP contribution in [0, 0.1) is 10.8 Å². The minimum atomic E-state index is 0.522. The number of hydrogen-bond donors (Lipinski definition) is 0. The average molecular weight is 366 g/mol. The Labute approximate surface area is 157 Å². The quantitative estimate of drug-likeness (QED) is 0.564. The van der Waals surface area contributed by atoms with Gasteiger partial charge in [-0.25, -0.2) is 4.68 Å². The molecule has 2 atom stereocenters. The number of hydrogen-bond acceptors (Lipinski definition) is 5. The summed E-state index contributed by atoms with van der Waals surface area (Å²) in [6, 6.07) is 0. The number of fused-ring (bicyclic) bond motifs is 2. The highest BCUT2D eigenvalue weighted by molar-refractivity contribution is 5.19. The molecule has 0 aromatic carbocycles. The maximum atomic E-state index is 5.69. The largest absolute Gasteiger partial charge is 0.379 e. The minimum Gasteiger partial charge on any atom is -0.379 e. The number of nitrogens with zero attached hydrogens (tertiary/aromatic N) is 3. The predicted molar refractivity (Wildman–Crippen MR) is 100 cm³/mol. The molecule has 1 heterocycles. The number of aromatic nitrogens is 3. The average Bonchev–Trinajstić information content (AvgIpc) is 2.97. The lowest BCUT2D eigenvalue weighted by Gasteiger charge is -2.22. The van der Waals surface area contributed by atoms with Crippen LogP contribution in [0.4, 0.5) is 0 Å². The van der Waals surface area contributed by atoms with Gasteiger partial charge in [0.15, 0.2) is 0 Å². The zero-order chi connectivity index (χ0) is 18.5. The van der Waals surface area contributed by atoms with Gasteiger partial charge in [0.05, 0.1) is 51.0 Å². The molecule has 0 radical (unpaired) electrons. The molecule has 0 aliphatic heterocycles. The van der Waals surface area contributed by atoms with Gasteiger partial charge in [0.1, 0.15) is 0 Å². The summed E-state index contributed by atoms with van der Waals surface area (Å²) >= 11 is 0. The third kappa shape index (κ3) is 4.65. The zero-order valence-electron chi connectivity index (χ0n) is 16.8. The molecule has 1 aromatic heterocycles. The van der Waals surface area contributed by atoms with Gasteiger partial charge in [-0.2, -0.15) is 0 Å². The molecule has 6 nitrogen and oxygen atoms in total. The van der Waals surface area contributed by atoms with Gasteiger partial charge in [0.25, 0.3) is 0 Å². The summed E-state index contributed by atoms with van der Waals surface area (Å²) in [5, 5.41) is 8.83. The van der Waals surface area contributed by atoms with Crippen molar-refractivity contribution in [1.29, 1.82) is 0 Å². The Bertz CT molecular complexity index is 577. The van der Waals surface area contributed by atoms with Crippen molar-refractivity contribution in [2.24, 2.45) is 10.8 Å². The lowest BCUT2D eigenvalue weighted by atomic mass is 9.84. The van der Waals surface area contributed by atoms with Crippen LogP contribution in [0.15, 0.2) is 0 Å². The summed E-state index contributed by atoms with van der Waals surface area (Å²) in [7, 11) is 0. The van der Waals surface area contributed by atoms with Crippen molar-refractivity contribution in [2.75, 3.05) is 39.6 Å². The van der Waals surface area contributed by atoms with Gasteiger partial charge in [-0.1, -0.05) is 26.0 Å². The molecule has 0 bridgehead atoms. The Kier molecular flexibility index (Phi) is 6.70. The number of rotatable bonds is 11. The molecule has 1 unspecified atom stereocenters. The summed E-state index contributed by atoms with van der Waals surface area (Å²) in [6.45, 7) is 11.7. The second-order valence-electron chi connectivity index (χ2n) is 8.34. The monoisotopic (exact) mass is 365 g/mol. The predicted octanol–water partition coefficient (Wildman–Crippen LogP) is 3.03. The first-order valence-corrected chi connectivity index (χ1v) is 10.2. The van der Waals surface area contributed by atoms with Crippen molar-refractivity contribution in [3.05, 3.63) is 11.4 Å². The Morgan fingerprint density at radius 1 is 0.885 bits per heavy atom. The van der Waals surface area contributed by atoms with E-state index in [2.05, 4.69) is 35.8 Å². The van der Waals surface area contributed by atoms with Gasteiger partial charge in [-0.15, -0.1) is 5.10 Å². The van der Waals surface area contributed by atoms with E-state index < -0.39 is 0 Å². The van der Waals surface area contributed by atoms with Crippen LogP contribution >= 0.6 is 0 Å². The molecule has 0 N–H and O–H groups in total. The highest BCUT2D eigenvalue weighted by Crippen LogP contribution is 2.68. The number of aryl methyl sites for hydroxylation is 1. The van der Waals surface area contributed by atoms with E-state index in [1.54, 1.807) is 0 Å². The van der Waals surface area contributed by atoms with Crippen molar-refractivity contribution in [1.82, 2.24) is 15.0 Å². The van der Waals surface area contributed by atoms with Crippen molar-refractivity contribution < 1.29 is 14.2 Å². The highest BCUT2D eigenvalue weighted by Gasteiger charge is 2.59. The van der Waals surface area contributed by atoms with Gasteiger partial charge >= 0.3 is 0 Å². The summed E-state index contributed by atoms with van der Waals surface area (Å²) < 4.78 is 18.6. The van der Waals surface area contributed by atoms with E-state index in [9.17, 15) is 0 Å². The molecule has 2 aliphatic rings. The molecule has 0 saturated heterocycles. The fourth-order valence-corrected chi connectivity index (χ4v) is 4.24. The molecule has 2 aliphatic carbocycles. The minimum absolute atomic E-state index is 0.522. The molecule has 26 heavy (non-hydrogen) atoms. The van der Waals surface area contributed by atoms with Gasteiger partial charge in [0, 0.05) is 6.61 Å². The Morgan fingerprint density at radius 3 is 2.19 bits per heavy atom. The first kappa shape index (κ1) is 19.8. The molecule has 0 spiro atoms. The van der Waals surface area contributed by atoms with Crippen LogP contribution in [0.5, 0.6) is 0 Å². The maximum Gasteiger partial charge on any atom is 0.0859 e. The van der Waals surface area contributed by atoms with Gasteiger partial charge in [-0.3, -0.25) is 0 Å². The molecule has 148 valence electrons. The summed E-state index contributed by atoms with van der Waals surface area (Å²) in [5.41, 5.74) is 3.58. The first-order valence-electron chi connectivity index (χ1n) is 10.2. The normalized spacial score (nSPS) is 27.5. The molecule has 6 heteroatoms. The van der Waals surface area contributed by atoms with Gasteiger partial charge in [0.2, 0.25) is 0 Å². The van der Waals surface area contributed by atoms with E-state index in [-0.39, 0.29) is 0 Å². The molecular weight excluding hydrogens is 330 g/mol. The molecular formula is C20H35N3O3. The molecule has 3 rings (SSSR count). The third-order valence-electron chi connectivity index (χ3n) is 6.40. The van der Waals surface area contributed by atoms with Crippen molar-refractivity contribution >= 4 is 0 Å². The van der Waals surface area contributed by atoms with Crippen LogP contribution in [0.25, 0.3) is 0 Å². The van der Waals surface area contributed by atoms with Crippen molar-refractivity contribution in [3.8, 4) is 0 Å². The van der Waals surface area contributed by atoms with Gasteiger partial charge < -0.3 is 14.2 Å². The van der Waals surface area contributed by atoms with E-state index in [0.29, 0.717) is 43.9 Å². The third-order valence-corrected chi connectivity index (χ3v) is 6.40. The fraction of sp³-hybridized carbons (Fsp3) is 0.900. The maximum absolute atomic E-state index is 5.69. The van der Waals surface area contributed by atoms with E-state index in [1.807, 2.05) is 0 Å². The second-order valence-corrected chi connectivity index (χ2v) is 8.34. The van der Waals surface area contributed by atoms with Crippen LogP contribution in [0.2, 0.25) is 0 Å². The standard InChI is InChI=1S/C20H35N3O3/c1-4-10-24-12-14-26-15-13-25-11-9-23-18-6-8-20(3)16-19(20,2)7-5-17(18)21-22-23/h4-16H2,1-3H3/t19-,20?/m0/s1. The Hall–Kier alpha value is -0.980. The van der Waals surface area contributed by atoms with E-state index in [4.69, 9.17) is 14.2 Å². The highest BCUT2D eigenvalue weighted by atomic mass is 16.5. The van der Waals surface area contributed by atoms with E-state index in [0.717, 1.165) is 32.4 Å². The van der Waals surface area contributed by atoms with Crippen LogP contribution in [-0.4, -0.2) is 54.6 Å². The van der Waals surface area contributed by atoms with Crippen LogP contribution < -0.4 is 0 Å². The fourth-order valence-electron chi connectivity index (χ4n) is 4.24. The SMILES string of the molecule is CCCOCCOCCOCCn1nnc2c1CCC1(C)C[C@]1(C)CC2. The molecule has 1 aromatic rings. The number of ether oxygens (including phenoxy) is 3. The lowest BCUT2D eigenvalue weighted by Crippen LogP contribution is -2.18. The van der Waals surface area contributed by atoms with Crippen molar-refractivity contribution in [2.45, 2.75) is 65.8 Å². The first-order chi connectivity index (χ1) is 12.6. The molecule has 0 amide bonds. The van der Waals surface area contributed by atoms with Crippen LogP contribution in [-0.2, 0) is 33.6 Å². The summed E-state index contributed by atoms with van der Waals surface area (Å²) in [5.74, 6) is 0. The van der Waals surface area contributed by atoms with Crippen LogP contribution in [0.3, 0.4) is 0 Å². The Balaban J connectivity index is 1.33. The second kappa shape index (κ2) is 8.81. The van der Waals surface area contributed by atoms with E-state index in [1.165, 1.54) is 30.7 Å². The molecule has 1 fully saturated rings.